The van der Waals surface area contributed by atoms with E-state index in [0.29, 0.717) is 24.1 Å². The summed E-state index contributed by atoms with van der Waals surface area (Å²) in [7, 11) is 0. The largest absolute Gasteiger partial charge is 0.329 e. The third-order valence-corrected chi connectivity index (χ3v) is 3.67. The van der Waals surface area contributed by atoms with Gasteiger partial charge < -0.3 is 5.73 Å². The average Bonchev–Trinajstić information content (AvgIpc) is 2.32. The number of rotatable bonds is 6. The van der Waals surface area contributed by atoms with Crippen LogP contribution in [0.25, 0.3) is 0 Å². The third kappa shape index (κ3) is 4.55. The first-order chi connectivity index (χ1) is 8.86. The van der Waals surface area contributed by atoms with E-state index in [2.05, 4.69) is 48.5 Å². The van der Waals surface area contributed by atoms with Gasteiger partial charge in [0.15, 0.2) is 0 Å². The van der Waals surface area contributed by atoms with Gasteiger partial charge in [-0.15, -0.1) is 0 Å². The second-order valence-corrected chi connectivity index (χ2v) is 6.52. The minimum atomic E-state index is -0.187. The van der Waals surface area contributed by atoms with E-state index in [1.54, 1.807) is 6.07 Å². The van der Waals surface area contributed by atoms with Crippen LogP contribution in [0, 0.1) is 11.7 Å². The highest BCUT2D eigenvalue weighted by atomic mass is 79.9. The average molecular weight is 331 g/mol. The molecule has 0 bridgehead atoms. The van der Waals surface area contributed by atoms with Gasteiger partial charge >= 0.3 is 0 Å². The highest BCUT2D eigenvalue weighted by Crippen LogP contribution is 2.28. The van der Waals surface area contributed by atoms with Crippen molar-refractivity contribution in [2.45, 2.75) is 39.8 Å². The maximum Gasteiger partial charge on any atom is 0.128 e. The van der Waals surface area contributed by atoms with Crippen molar-refractivity contribution in [2.75, 3.05) is 13.1 Å². The molecule has 0 aliphatic carbocycles. The summed E-state index contributed by atoms with van der Waals surface area (Å²) in [6, 6.07) is 5.29. The number of nitrogens with two attached hydrogens (primary N) is 1. The van der Waals surface area contributed by atoms with E-state index in [-0.39, 0.29) is 11.9 Å². The van der Waals surface area contributed by atoms with Crippen molar-refractivity contribution in [2.24, 2.45) is 11.7 Å². The van der Waals surface area contributed by atoms with Crippen LogP contribution in [0.15, 0.2) is 22.7 Å². The molecule has 0 saturated carbocycles. The molecule has 0 radical (unpaired) electrons. The lowest BCUT2D eigenvalue weighted by molar-refractivity contribution is 0.136. The fourth-order valence-electron chi connectivity index (χ4n) is 2.33. The van der Waals surface area contributed by atoms with Gasteiger partial charge in [0, 0.05) is 29.2 Å². The highest BCUT2D eigenvalue weighted by Gasteiger charge is 2.25. The molecule has 1 aromatic carbocycles. The molecule has 0 saturated heterocycles. The maximum absolute atomic E-state index is 14.1. The minimum Gasteiger partial charge on any atom is -0.329 e. The molecule has 1 unspecified atom stereocenters. The third-order valence-electron chi connectivity index (χ3n) is 3.18. The molecular weight excluding hydrogens is 307 g/mol. The van der Waals surface area contributed by atoms with Crippen LogP contribution in [0.5, 0.6) is 0 Å². The van der Waals surface area contributed by atoms with E-state index in [9.17, 15) is 4.39 Å². The summed E-state index contributed by atoms with van der Waals surface area (Å²) in [5.74, 6) is 0.333. The van der Waals surface area contributed by atoms with Crippen LogP contribution in [0.1, 0.15) is 39.3 Å². The number of benzene rings is 1. The van der Waals surface area contributed by atoms with Crippen molar-refractivity contribution in [3.63, 3.8) is 0 Å². The summed E-state index contributed by atoms with van der Waals surface area (Å²) in [6.07, 6.45) is 0. The SMILES string of the molecule is CC(C)CN(C(C)C)C(CN)c1cc(Br)ccc1F. The van der Waals surface area contributed by atoms with Crippen molar-refractivity contribution in [1.29, 1.82) is 0 Å². The second-order valence-electron chi connectivity index (χ2n) is 5.60. The van der Waals surface area contributed by atoms with Crippen molar-refractivity contribution >= 4 is 15.9 Å². The standard InChI is InChI=1S/C15H24BrFN2/c1-10(2)9-19(11(3)4)15(8-18)13-7-12(16)5-6-14(13)17/h5-7,10-11,15H,8-9,18H2,1-4H3. The van der Waals surface area contributed by atoms with E-state index in [0.717, 1.165) is 11.0 Å². The van der Waals surface area contributed by atoms with E-state index >= 15 is 0 Å². The Kier molecular flexibility index (Phi) is 6.43. The Morgan fingerprint density at radius 1 is 1.26 bits per heavy atom. The quantitative estimate of drug-likeness (QED) is 0.855. The predicted molar refractivity (Wildman–Crippen MR) is 82.6 cm³/mol. The summed E-state index contributed by atoms with van der Waals surface area (Å²) < 4.78 is 14.9. The zero-order valence-electron chi connectivity index (χ0n) is 12.2. The Hall–Kier alpha value is -0.450. The number of hydrogen-bond acceptors (Lipinski definition) is 2. The first-order valence-electron chi connectivity index (χ1n) is 6.77. The van der Waals surface area contributed by atoms with Gasteiger partial charge in [-0.1, -0.05) is 29.8 Å². The first kappa shape index (κ1) is 16.6. The van der Waals surface area contributed by atoms with Crippen molar-refractivity contribution < 1.29 is 4.39 Å². The Morgan fingerprint density at radius 3 is 2.37 bits per heavy atom. The second kappa shape index (κ2) is 7.36. The molecule has 108 valence electrons. The van der Waals surface area contributed by atoms with Gasteiger partial charge in [0.05, 0.1) is 6.04 Å². The smallest absolute Gasteiger partial charge is 0.128 e. The van der Waals surface area contributed by atoms with Gasteiger partial charge in [0.25, 0.3) is 0 Å². The lowest BCUT2D eigenvalue weighted by Gasteiger charge is -2.36. The van der Waals surface area contributed by atoms with Gasteiger partial charge in [-0.05, 0) is 38.0 Å². The van der Waals surface area contributed by atoms with Crippen molar-refractivity contribution in [3.05, 3.63) is 34.1 Å². The number of halogens is 2. The Morgan fingerprint density at radius 2 is 1.89 bits per heavy atom. The van der Waals surface area contributed by atoms with Crippen LogP contribution < -0.4 is 5.73 Å². The summed E-state index contributed by atoms with van der Waals surface area (Å²) in [6.45, 7) is 9.91. The molecule has 0 fully saturated rings. The summed E-state index contributed by atoms with van der Waals surface area (Å²) >= 11 is 3.40. The van der Waals surface area contributed by atoms with Gasteiger partial charge in [-0.3, -0.25) is 4.90 Å². The van der Waals surface area contributed by atoms with E-state index < -0.39 is 0 Å². The fourth-order valence-corrected chi connectivity index (χ4v) is 2.71. The summed E-state index contributed by atoms with van der Waals surface area (Å²) in [5.41, 5.74) is 6.59. The normalized spacial score (nSPS) is 13.6. The van der Waals surface area contributed by atoms with Crippen LogP contribution in [-0.4, -0.2) is 24.0 Å². The van der Waals surface area contributed by atoms with Crippen LogP contribution >= 0.6 is 15.9 Å². The van der Waals surface area contributed by atoms with E-state index in [4.69, 9.17) is 5.73 Å². The molecule has 4 heteroatoms. The first-order valence-corrected chi connectivity index (χ1v) is 7.56. The molecule has 0 aromatic heterocycles. The Bertz CT molecular complexity index is 407. The topological polar surface area (TPSA) is 29.3 Å². The predicted octanol–water partition coefficient (Wildman–Crippen LogP) is 3.95. The van der Waals surface area contributed by atoms with Crippen LogP contribution in [0.2, 0.25) is 0 Å². The fraction of sp³-hybridized carbons (Fsp3) is 0.600. The van der Waals surface area contributed by atoms with Gasteiger partial charge in [-0.2, -0.15) is 0 Å². The molecule has 1 aromatic rings. The highest BCUT2D eigenvalue weighted by molar-refractivity contribution is 9.10. The van der Waals surface area contributed by atoms with Crippen molar-refractivity contribution in [3.8, 4) is 0 Å². The number of hydrogen-bond donors (Lipinski definition) is 1. The monoisotopic (exact) mass is 330 g/mol. The molecule has 0 aliphatic heterocycles. The maximum atomic E-state index is 14.1. The molecular formula is C15H24BrFN2. The molecule has 2 N–H and O–H groups in total. The van der Waals surface area contributed by atoms with Crippen LogP contribution in [0.3, 0.4) is 0 Å². The van der Waals surface area contributed by atoms with Crippen molar-refractivity contribution in [1.82, 2.24) is 4.90 Å². The number of nitrogens with zero attached hydrogens (tertiary/aromatic N) is 1. The molecule has 1 rings (SSSR count). The molecule has 1 atom stereocenters. The Balaban J connectivity index is 3.11. The van der Waals surface area contributed by atoms with Gasteiger partial charge in [0.2, 0.25) is 0 Å². The molecule has 2 nitrogen and oxygen atoms in total. The minimum absolute atomic E-state index is 0.0834. The van der Waals surface area contributed by atoms with Crippen LogP contribution in [0.4, 0.5) is 4.39 Å². The zero-order chi connectivity index (χ0) is 14.6. The molecule has 0 aliphatic rings. The molecule has 19 heavy (non-hydrogen) atoms. The molecule has 0 spiro atoms. The summed E-state index contributed by atoms with van der Waals surface area (Å²) in [4.78, 5) is 2.27. The van der Waals surface area contributed by atoms with Gasteiger partial charge in [0.1, 0.15) is 5.82 Å². The Labute approximate surface area is 124 Å². The molecule has 0 amide bonds. The zero-order valence-corrected chi connectivity index (χ0v) is 13.7. The lowest BCUT2D eigenvalue weighted by atomic mass is 10.0. The van der Waals surface area contributed by atoms with E-state index in [1.807, 2.05) is 6.07 Å². The van der Waals surface area contributed by atoms with E-state index in [1.165, 1.54) is 6.07 Å². The summed E-state index contributed by atoms with van der Waals surface area (Å²) in [5, 5.41) is 0. The lowest BCUT2D eigenvalue weighted by Crippen LogP contribution is -2.41. The van der Waals surface area contributed by atoms with Gasteiger partial charge in [-0.25, -0.2) is 4.39 Å². The van der Waals surface area contributed by atoms with Crippen LogP contribution in [-0.2, 0) is 0 Å². The molecule has 0 heterocycles.